The molecule has 1 aromatic carbocycles. The minimum atomic E-state index is 0.507. The van der Waals surface area contributed by atoms with E-state index in [4.69, 9.17) is 9.47 Å². The molecule has 0 atom stereocenters. The minimum Gasteiger partial charge on any atom is -0.493 e. The fourth-order valence-corrected chi connectivity index (χ4v) is 3.03. The number of aromatic nitrogens is 2. The zero-order valence-electron chi connectivity index (χ0n) is 14.4. The third kappa shape index (κ3) is 3.45. The van der Waals surface area contributed by atoms with Crippen LogP contribution in [0.2, 0.25) is 0 Å². The Labute approximate surface area is 147 Å². The SMILES string of the molecule is COc1cc2c(NC3CCC3)ncnc2cc1OCC1=C[CH]CC=C1. The largest absolute Gasteiger partial charge is 0.493 e. The number of nitrogens with zero attached hydrogens (tertiary/aromatic N) is 2. The van der Waals surface area contributed by atoms with E-state index < -0.39 is 0 Å². The number of rotatable bonds is 6. The van der Waals surface area contributed by atoms with E-state index in [2.05, 4.69) is 39.9 Å². The van der Waals surface area contributed by atoms with E-state index in [1.54, 1.807) is 13.4 Å². The van der Waals surface area contributed by atoms with Crippen molar-refractivity contribution < 1.29 is 9.47 Å². The van der Waals surface area contributed by atoms with Gasteiger partial charge in [-0.2, -0.15) is 0 Å². The number of fused-ring (bicyclic) bond motifs is 1. The maximum atomic E-state index is 5.98. The zero-order valence-corrected chi connectivity index (χ0v) is 14.4. The van der Waals surface area contributed by atoms with Gasteiger partial charge in [0.25, 0.3) is 0 Å². The van der Waals surface area contributed by atoms with Crippen molar-refractivity contribution in [2.75, 3.05) is 19.0 Å². The van der Waals surface area contributed by atoms with E-state index in [1.807, 2.05) is 12.1 Å². The normalized spacial score (nSPS) is 17.1. The zero-order chi connectivity index (χ0) is 17.1. The Morgan fingerprint density at radius 2 is 2.12 bits per heavy atom. The highest BCUT2D eigenvalue weighted by Crippen LogP contribution is 2.35. The number of allylic oxidation sites excluding steroid dienone is 2. The van der Waals surface area contributed by atoms with Crippen molar-refractivity contribution in [2.24, 2.45) is 0 Å². The van der Waals surface area contributed by atoms with Crippen LogP contribution in [0.3, 0.4) is 0 Å². The Morgan fingerprint density at radius 3 is 2.84 bits per heavy atom. The monoisotopic (exact) mass is 336 g/mol. The first-order valence-electron chi connectivity index (χ1n) is 8.74. The standard InChI is InChI=1S/C20H22N3O2/c1-24-18-10-16-17(21-13-22-20(16)23-15-8-5-9-15)11-19(18)25-12-14-6-3-2-4-7-14/h3-4,6-7,10-11,13,15H,2,5,8-9,12H2,1H3,(H,21,22,23). The molecule has 1 aromatic heterocycles. The van der Waals surface area contributed by atoms with Crippen LogP contribution < -0.4 is 14.8 Å². The van der Waals surface area contributed by atoms with Gasteiger partial charge in [-0.25, -0.2) is 9.97 Å². The fourth-order valence-electron chi connectivity index (χ4n) is 3.03. The second-order valence-electron chi connectivity index (χ2n) is 6.42. The summed E-state index contributed by atoms with van der Waals surface area (Å²) in [6.07, 6.45) is 14.7. The van der Waals surface area contributed by atoms with Gasteiger partial charge in [0.15, 0.2) is 11.5 Å². The van der Waals surface area contributed by atoms with Gasteiger partial charge >= 0.3 is 0 Å². The third-order valence-electron chi connectivity index (χ3n) is 4.70. The van der Waals surface area contributed by atoms with Gasteiger partial charge in [-0.05, 0) is 43.7 Å². The van der Waals surface area contributed by atoms with Crippen molar-refractivity contribution in [3.63, 3.8) is 0 Å². The Morgan fingerprint density at radius 1 is 1.20 bits per heavy atom. The quantitative estimate of drug-likeness (QED) is 0.862. The van der Waals surface area contributed by atoms with Crippen molar-refractivity contribution in [2.45, 2.75) is 31.7 Å². The molecule has 1 saturated carbocycles. The van der Waals surface area contributed by atoms with Crippen molar-refractivity contribution in [1.29, 1.82) is 0 Å². The number of anilines is 1. The summed E-state index contributed by atoms with van der Waals surface area (Å²) in [7, 11) is 1.66. The molecule has 0 bridgehead atoms. The molecule has 25 heavy (non-hydrogen) atoms. The molecule has 0 aliphatic heterocycles. The maximum absolute atomic E-state index is 5.98. The lowest BCUT2D eigenvalue weighted by Crippen LogP contribution is -2.27. The molecule has 5 heteroatoms. The van der Waals surface area contributed by atoms with E-state index in [-0.39, 0.29) is 0 Å². The highest BCUT2D eigenvalue weighted by molar-refractivity contribution is 5.91. The summed E-state index contributed by atoms with van der Waals surface area (Å²) in [5.41, 5.74) is 2.00. The molecule has 0 unspecified atom stereocenters. The van der Waals surface area contributed by atoms with Crippen LogP contribution in [-0.2, 0) is 0 Å². The van der Waals surface area contributed by atoms with Crippen LogP contribution >= 0.6 is 0 Å². The molecule has 4 rings (SSSR count). The van der Waals surface area contributed by atoms with E-state index in [0.717, 1.165) is 28.7 Å². The first kappa shape index (κ1) is 15.9. The van der Waals surface area contributed by atoms with Crippen molar-refractivity contribution in [1.82, 2.24) is 9.97 Å². The second-order valence-corrected chi connectivity index (χ2v) is 6.42. The Balaban J connectivity index is 1.60. The van der Waals surface area contributed by atoms with Crippen LogP contribution in [0, 0.1) is 6.42 Å². The lowest BCUT2D eigenvalue weighted by molar-refractivity contribution is 0.322. The summed E-state index contributed by atoms with van der Waals surface area (Å²) < 4.78 is 11.5. The molecule has 1 fully saturated rings. The number of hydrogen-bond acceptors (Lipinski definition) is 5. The van der Waals surface area contributed by atoms with E-state index in [9.17, 15) is 0 Å². The number of hydrogen-bond donors (Lipinski definition) is 1. The third-order valence-corrected chi connectivity index (χ3v) is 4.70. The highest BCUT2D eigenvalue weighted by atomic mass is 16.5. The van der Waals surface area contributed by atoms with Gasteiger partial charge < -0.3 is 14.8 Å². The molecular formula is C20H22N3O2. The molecule has 129 valence electrons. The van der Waals surface area contributed by atoms with Crippen LogP contribution in [0.1, 0.15) is 25.7 Å². The Hall–Kier alpha value is -2.56. The second kappa shape index (κ2) is 7.13. The number of methoxy groups -OCH3 is 1. The number of nitrogens with one attached hydrogen (secondary N) is 1. The van der Waals surface area contributed by atoms with Crippen LogP contribution in [0.25, 0.3) is 10.9 Å². The van der Waals surface area contributed by atoms with Gasteiger partial charge in [-0.1, -0.05) is 18.2 Å². The maximum Gasteiger partial charge on any atom is 0.163 e. The lowest BCUT2D eigenvalue weighted by atomic mass is 9.93. The molecule has 0 saturated heterocycles. The van der Waals surface area contributed by atoms with Gasteiger partial charge in [-0.3, -0.25) is 0 Å². The summed E-state index contributed by atoms with van der Waals surface area (Å²) in [6, 6.07) is 4.41. The summed E-state index contributed by atoms with van der Waals surface area (Å²) >= 11 is 0. The van der Waals surface area contributed by atoms with E-state index in [0.29, 0.717) is 24.1 Å². The van der Waals surface area contributed by atoms with Crippen LogP contribution in [0.5, 0.6) is 11.5 Å². The average Bonchev–Trinajstić information content (AvgIpc) is 2.63. The minimum absolute atomic E-state index is 0.507. The fraction of sp³-hybridized carbons (Fsp3) is 0.350. The molecule has 2 aliphatic carbocycles. The first-order chi connectivity index (χ1) is 12.3. The van der Waals surface area contributed by atoms with Gasteiger partial charge in [0, 0.05) is 17.5 Å². The summed E-state index contributed by atoms with van der Waals surface area (Å²) in [4.78, 5) is 8.81. The van der Waals surface area contributed by atoms with Crippen molar-refractivity contribution >= 4 is 16.7 Å². The number of ether oxygens (including phenoxy) is 2. The van der Waals surface area contributed by atoms with Gasteiger partial charge in [0.05, 0.1) is 12.6 Å². The summed E-state index contributed by atoms with van der Waals surface area (Å²) in [5.74, 6) is 2.26. The predicted molar refractivity (Wildman–Crippen MR) is 99.0 cm³/mol. The van der Waals surface area contributed by atoms with E-state index in [1.165, 1.54) is 19.3 Å². The van der Waals surface area contributed by atoms with Gasteiger partial charge in [0.1, 0.15) is 18.8 Å². The van der Waals surface area contributed by atoms with Crippen LogP contribution in [-0.4, -0.2) is 29.7 Å². The molecule has 2 aliphatic rings. The predicted octanol–water partition coefficient (Wildman–Crippen LogP) is 4.07. The molecule has 5 nitrogen and oxygen atoms in total. The summed E-state index contributed by atoms with van der Waals surface area (Å²) in [6.45, 7) is 0.507. The smallest absolute Gasteiger partial charge is 0.163 e. The molecule has 0 spiro atoms. The van der Waals surface area contributed by atoms with Crippen LogP contribution in [0.15, 0.2) is 42.3 Å². The van der Waals surface area contributed by atoms with Gasteiger partial charge in [-0.15, -0.1) is 0 Å². The summed E-state index contributed by atoms with van der Waals surface area (Å²) in [5, 5.41) is 4.47. The van der Waals surface area contributed by atoms with Crippen LogP contribution in [0.4, 0.5) is 5.82 Å². The molecule has 1 heterocycles. The van der Waals surface area contributed by atoms with Crippen molar-refractivity contribution in [3.05, 3.63) is 48.7 Å². The highest BCUT2D eigenvalue weighted by Gasteiger charge is 2.19. The molecule has 2 aromatic rings. The topological polar surface area (TPSA) is 56.3 Å². The average molecular weight is 336 g/mol. The van der Waals surface area contributed by atoms with E-state index >= 15 is 0 Å². The van der Waals surface area contributed by atoms with Crippen molar-refractivity contribution in [3.8, 4) is 11.5 Å². The molecule has 1 radical (unpaired) electrons. The molecule has 1 N–H and O–H groups in total. The Kier molecular flexibility index (Phi) is 4.55. The Bertz CT molecular complexity index is 825. The molecule has 0 amide bonds. The van der Waals surface area contributed by atoms with Gasteiger partial charge in [0.2, 0.25) is 0 Å². The number of benzene rings is 1. The lowest BCUT2D eigenvalue weighted by Gasteiger charge is -2.27. The molecular weight excluding hydrogens is 314 g/mol. The first-order valence-corrected chi connectivity index (χ1v) is 8.74.